The Bertz CT molecular complexity index is 468. The number of nitrogens with zero attached hydrogens (tertiary/aromatic N) is 1. The van der Waals surface area contributed by atoms with Gasteiger partial charge >= 0.3 is 0 Å². The Balaban J connectivity index is 1.81. The molecule has 2 N–H and O–H groups in total. The van der Waals surface area contributed by atoms with Crippen molar-refractivity contribution in [3.05, 3.63) is 35.9 Å². The lowest BCUT2D eigenvalue weighted by Crippen LogP contribution is -2.56. The standard InChI is InChI=1S/C18H29N3O/c1-4-18(11-8-12-19-18)17(22)20-15(2)13-21(3)14-16-9-6-5-7-10-16/h5-7,9-10,15,19H,4,8,11-14H2,1-3H3,(H,20,22). The first-order chi connectivity index (χ1) is 10.6. The minimum Gasteiger partial charge on any atom is -0.351 e. The molecule has 0 aromatic heterocycles. The first kappa shape index (κ1) is 17.0. The van der Waals surface area contributed by atoms with Crippen molar-refractivity contribution in [1.29, 1.82) is 0 Å². The lowest BCUT2D eigenvalue weighted by molar-refractivity contribution is -0.128. The third-order valence-corrected chi connectivity index (χ3v) is 4.54. The average Bonchev–Trinajstić information content (AvgIpc) is 2.98. The second kappa shape index (κ2) is 7.75. The van der Waals surface area contributed by atoms with Crippen molar-refractivity contribution >= 4 is 5.91 Å². The number of amides is 1. The van der Waals surface area contributed by atoms with E-state index in [0.717, 1.165) is 38.9 Å². The molecular weight excluding hydrogens is 274 g/mol. The van der Waals surface area contributed by atoms with Crippen LogP contribution < -0.4 is 10.6 Å². The summed E-state index contributed by atoms with van der Waals surface area (Å²) in [6.45, 7) is 6.87. The van der Waals surface area contributed by atoms with Crippen LogP contribution in [0.4, 0.5) is 0 Å². The molecule has 0 radical (unpaired) electrons. The van der Waals surface area contributed by atoms with Crippen LogP contribution in [-0.4, -0.2) is 42.5 Å². The predicted molar refractivity (Wildman–Crippen MR) is 90.6 cm³/mol. The largest absolute Gasteiger partial charge is 0.351 e. The molecule has 0 saturated carbocycles. The molecule has 2 atom stereocenters. The van der Waals surface area contributed by atoms with Gasteiger partial charge in [-0.1, -0.05) is 37.3 Å². The Morgan fingerprint density at radius 1 is 1.41 bits per heavy atom. The summed E-state index contributed by atoms with van der Waals surface area (Å²) in [7, 11) is 2.10. The number of hydrogen-bond donors (Lipinski definition) is 2. The van der Waals surface area contributed by atoms with Gasteiger partial charge in [0.25, 0.3) is 0 Å². The second-order valence-corrected chi connectivity index (χ2v) is 6.52. The number of nitrogens with one attached hydrogen (secondary N) is 2. The molecular formula is C18H29N3O. The van der Waals surface area contributed by atoms with Crippen molar-refractivity contribution in [3.8, 4) is 0 Å². The van der Waals surface area contributed by atoms with Gasteiger partial charge in [0.2, 0.25) is 5.91 Å². The van der Waals surface area contributed by atoms with Crippen molar-refractivity contribution in [2.75, 3.05) is 20.1 Å². The first-order valence-corrected chi connectivity index (χ1v) is 8.34. The lowest BCUT2D eigenvalue weighted by Gasteiger charge is -2.30. The Labute approximate surface area is 134 Å². The lowest BCUT2D eigenvalue weighted by atomic mass is 9.93. The van der Waals surface area contributed by atoms with Gasteiger partial charge in [0, 0.05) is 19.1 Å². The number of rotatable bonds is 7. The van der Waals surface area contributed by atoms with Crippen LogP contribution in [0.5, 0.6) is 0 Å². The van der Waals surface area contributed by atoms with E-state index in [1.54, 1.807) is 0 Å². The summed E-state index contributed by atoms with van der Waals surface area (Å²) < 4.78 is 0. The van der Waals surface area contributed by atoms with Gasteiger partial charge in [-0.25, -0.2) is 0 Å². The van der Waals surface area contributed by atoms with E-state index in [0.29, 0.717) is 0 Å². The summed E-state index contributed by atoms with van der Waals surface area (Å²) >= 11 is 0. The molecule has 1 aromatic rings. The van der Waals surface area contributed by atoms with Crippen LogP contribution in [0.15, 0.2) is 30.3 Å². The Hall–Kier alpha value is -1.39. The fraction of sp³-hybridized carbons (Fsp3) is 0.611. The molecule has 1 aromatic carbocycles. The van der Waals surface area contributed by atoms with Gasteiger partial charge in [-0.05, 0) is 45.3 Å². The van der Waals surface area contributed by atoms with E-state index in [9.17, 15) is 4.79 Å². The van der Waals surface area contributed by atoms with E-state index >= 15 is 0 Å². The summed E-state index contributed by atoms with van der Waals surface area (Å²) in [6, 6.07) is 10.6. The quantitative estimate of drug-likeness (QED) is 0.811. The number of likely N-dealkylation sites (N-methyl/N-ethyl adjacent to an activating group) is 1. The van der Waals surface area contributed by atoms with Gasteiger partial charge in [0.1, 0.15) is 0 Å². The second-order valence-electron chi connectivity index (χ2n) is 6.52. The highest BCUT2D eigenvalue weighted by Gasteiger charge is 2.39. The van der Waals surface area contributed by atoms with Crippen molar-refractivity contribution in [2.45, 2.75) is 51.2 Å². The maximum atomic E-state index is 12.6. The Morgan fingerprint density at radius 3 is 2.73 bits per heavy atom. The SMILES string of the molecule is CCC1(C(=O)NC(C)CN(C)Cc2ccccc2)CCCN1. The Morgan fingerprint density at radius 2 is 2.14 bits per heavy atom. The molecule has 0 aliphatic carbocycles. The molecule has 1 saturated heterocycles. The molecule has 1 aliphatic heterocycles. The molecule has 122 valence electrons. The van der Waals surface area contributed by atoms with E-state index in [1.807, 2.05) is 6.07 Å². The van der Waals surface area contributed by atoms with Gasteiger partial charge < -0.3 is 15.5 Å². The molecule has 1 heterocycles. The third kappa shape index (κ3) is 4.31. The van der Waals surface area contributed by atoms with Crippen LogP contribution in [0, 0.1) is 0 Å². The topological polar surface area (TPSA) is 44.4 Å². The van der Waals surface area contributed by atoms with Crippen molar-refractivity contribution in [2.24, 2.45) is 0 Å². The summed E-state index contributed by atoms with van der Waals surface area (Å²) in [6.07, 6.45) is 2.89. The van der Waals surface area contributed by atoms with E-state index in [2.05, 4.69) is 60.7 Å². The molecule has 22 heavy (non-hydrogen) atoms. The number of hydrogen-bond acceptors (Lipinski definition) is 3. The van der Waals surface area contributed by atoms with Gasteiger partial charge in [-0.3, -0.25) is 4.79 Å². The first-order valence-electron chi connectivity index (χ1n) is 8.34. The number of carbonyl (C=O) groups is 1. The van der Waals surface area contributed by atoms with Crippen LogP contribution in [0.1, 0.15) is 38.7 Å². The minimum absolute atomic E-state index is 0.145. The monoisotopic (exact) mass is 303 g/mol. The Kier molecular flexibility index (Phi) is 5.98. The van der Waals surface area contributed by atoms with E-state index in [1.165, 1.54) is 5.56 Å². The van der Waals surface area contributed by atoms with Crippen LogP contribution >= 0.6 is 0 Å². The van der Waals surface area contributed by atoms with Gasteiger partial charge in [-0.2, -0.15) is 0 Å². The van der Waals surface area contributed by atoms with E-state index in [-0.39, 0.29) is 17.5 Å². The maximum absolute atomic E-state index is 12.6. The number of carbonyl (C=O) groups excluding carboxylic acids is 1. The molecule has 4 heteroatoms. The van der Waals surface area contributed by atoms with Crippen molar-refractivity contribution in [1.82, 2.24) is 15.5 Å². The molecule has 1 amide bonds. The fourth-order valence-electron chi connectivity index (χ4n) is 3.30. The fourth-order valence-corrected chi connectivity index (χ4v) is 3.30. The highest BCUT2D eigenvalue weighted by molar-refractivity contribution is 5.86. The van der Waals surface area contributed by atoms with Gasteiger partial charge in [-0.15, -0.1) is 0 Å². The predicted octanol–water partition coefficient (Wildman–Crippen LogP) is 2.16. The summed E-state index contributed by atoms with van der Waals surface area (Å²) in [4.78, 5) is 14.8. The highest BCUT2D eigenvalue weighted by atomic mass is 16.2. The molecule has 0 bridgehead atoms. The smallest absolute Gasteiger partial charge is 0.240 e. The van der Waals surface area contributed by atoms with Crippen LogP contribution in [0.25, 0.3) is 0 Å². The summed E-state index contributed by atoms with van der Waals surface area (Å²) in [5.41, 5.74) is 0.956. The summed E-state index contributed by atoms with van der Waals surface area (Å²) in [5, 5.41) is 6.58. The van der Waals surface area contributed by atoms with Gasteiger partial charge in [0.15, 0.2) is 0 Å². The molecule has 2 unspecified atom stereocenters. The van der Waals surface area contributed by atoms with Gasteiger partial charge in [0.05, 0.1) is 5.54 Å². The molecule has 2 rings (SSSR count). The minimum atomic E-state index is -0.341. The van der Waals surface area contributed by atoms with Crippen LogP contribution in [0.3, 0.4) is 0 Å². The van der Waals surface area contributed by atoms with Crippen molar-refractivity contribution in [3.63, 3.8) is 0 Å². The summed E-state index contributed by atoms with van der Waals surface area (Å²) in [5.74, 6) is 0.160. The number of benzene rings is 1. The molecule has 1 aliphatic rings. The third-order valence-electron chi connectivity index (χ3n) is 4.54. The molecule has 1 fully saturated rings. The van der Waals surface area contributed by atoms with E-state index in [4.69, 9.17) is 0 Å². The highest BCUT2D eigenvalue weighted by Crippen LogP contribution is 2.23. The zero-order chi connectivity index (χ0) is 16.0. The molecule has 4 nitrogen and oxygen atoms in total. The van der Waals surface area contributed by atoms with Crippen molar-refractivity contribution < 1.29 is 4.79 Å². The zero-order valence-electron chi connectivity index (χ0n) is 14.1. The van der Waals surface area contributed by atoms with E-state index < -0.39 is 0 Å². The van der Waals surface area contributed by atoms with Crippen LogP contribution in [-0.2, 0) is 11.3 Å². The maximum Gasteiger partial charge on any atom is 0.240 e. The molecule has 0 spiro atoms. The zero-order valence-corrected chi connectivity index (χ0v) is 14.1. The normalized spacial score (nSPS) is 22.7. The average molecular weight is 303 g/mol. The van der Waals surface area contributed by atoms with Crippen LogP contribution in [0.2, 0.25) is 0 Å².